The molecule has 0 aliphatic carbocycles. The molecule has 6 rings (SSSR count). The average Bonchev–Trinajstić information content (AvgIpc) is 3.38. The number of para-hydroxylation sites is 1. The lowest BCUT2D eigenvalue weighted by Crippen LogP contribution is -2.36. The highest BCUT2D eigenvalue weighted by molar-refractivity contribution is 7.61. The van der Waals surface area contributed by atoms with Gasteiger partial charge in [0, 0.05) is 13.7 Å². The molecule has 0 saturated carbocycles. The molecule has 5 atom stereocenters. The van der Waals surface area contributed by atoms with E-state index in [1.54, 1.807) is 35.4 Å². The van der Waals surface area contributed by atoms with Crippen LogP contribution in [0.25, 0.3) is 11.2 Å². The van der Waals surface area contributed by atoms with E-state index in [2.05, 4.69) is 15.0 Å². The van der Waals surface area contributed by atoms with Crippen molar-refractivity contribution in [2.75, 3.05) is 32.5 Å². The van der Waals surface area contributed by atoms with E-state index in [9.17, 15) is 9.36 Å². The molecular weight excluding hydrogens is 648 g/mol. The van der Waals surface area contributed by atoms with E-state index < -0.39 is 28.4 Å². The van der Waals surface area contributed by atoms with Crippen LogP contribution in [0.15, 0.2) is 67.0 Å². The average molecular weight is 678 g/mol. The smallest absolute Gasteiger partial charge is 0.460 e. The highest BCUT2D eigenvalue weighted by Gasteiger charge is 2.49. The number of anilines is 1. The van der Waals surface area contributed by atoms with Crippen molar-refractivity contribution in [2.45, 2.75) is 31.5 Å². The third-order valence-corrected chi connectivity index (χ3v) is 10.6. The standard InChI is InChI=1S/C27H30ClN7O8P2/c1-38-44(40-17-20-15-33(20)42-34-18-30-23-24(29)31-27(28)32-25(23)34)43-45(37,41-21-11-6-3-7-12-21)35-14-8-13-22(35)26(36)39-16-19-9-4-2-5-10-19/h2-7,9-12,18,20,22H,8,13-17H2,1H3,(H2,29,31,32). The number of benzene rings is 2. The van der Waals surface area contributed by atoms with Gasteiger partial charge in [-0.2, -0.15) is 14.6 Å². The van der Waals surface area contributed by atoms with Gasteiger partial charge in [0.05, 0.1) is 19.2 Å². The highest BCUT2D eigenvalue weighted by Crippen LogP contribution is 2.64. The Hall–Kier alpha value is -3.39. The maximum Gasteiger partial charge on any atom is 0.469 e. The molecule has 2 aliphatic heterocycles. The van der Waals surface area contributed by atoms with Gasteiger partial charge in [0.15, 0.2) is 11.3 Å². The Bertz CT molecular complexity index is 1670. The Morgan fingerprint density at radius 1 is 1.13 bits per heavy atom. The molecule has 0 bridgehead atoms. The summed E-state index contributed by atoms with van der Waals surface area (Å²) in [6.07, 6.45) is 2.41. The van der Waals surface area contributed by atoms with Crippen molar-refractivity contribution in [3.05, 3.63) is 77.8 Å². The fraction of sp³-hybridized carbons (Fsp3) is 0.333. The summed E-state index contributed by atoms with van der Waals surface area (Å²) in [5.74, 6) is -0.0903. The summed E-state index contributed by atoms with van der Waals surface area (Å²) in [5.41, 5.74) is 7.36. The lowest BCUT2D eigenvalue weighted by Gasteiger charge is -2.31. The second-order valence-electron chi connectivity index (χ2n) is 10.0. The first-order valence-electron chi connectivity index (χ1n) is 13.9. The van der Waals surface area contributed by atoms with Crippen LogP contribution in [-0.2, 0) is 34.1 Å². The molecule has 0 spiro atoms. The van der Waals surface area contributed by atoms with Crippen molar-refractivity contribution in [3.8, 4) is 5.75 Å². The molecule has 2 aromatic heterocycles. The van der Waals surface area contributed by atoms with Crippen LogP contribution in [0.2, 0.25) is 5.28 Å². The zero-order valence-electron chi connectivity index (χ0n) is 24.0. The number of nitrogen functional groups attached to an aromatic ring is 1. The summed E-state index contributed by atoms with van der Waals surface area (Å²) in [7, 11) is -4.99. The Balaban J connectivity index is 1.11. The molecule has 2 aromatic carbocycles. The predicted molar refractivity (Wildman–Crippen MR) is 163 cm³/mol. The van der Waals surface area contributed by atoms with E-state index in [1.807, 2.05) is 30.3 Å². The van der Waals surface area contributed by atoms with Crippen molar-refractivity contribution in [1.82, 2.24) is 29.4 Å². The number of rotatable bonds is 14. The number of halogens is 1. The molecule has 18 heteroatoms. The number of nitrogens with two attached hydrogens (primary N) is 1. The summed E-state index contributed by atoms with van der Waals surface area (Å²) in [6, 6.07) is 16.9. The molecule has 2 aliphatic rings. The maximum atomic E-state index is 14.5. The van der Waals surface area contributed by atoms with E-state index in [-0.39, 0.29) is 36.9 Å². The van der Waals surface area contributed by atoms with Gasteiger partial charge in [0.25, 0.3) is 0 Å². The van der Waals surface area contributed by atoms with Crippen molar-refractivity contribution >= 4 is 50.9 Å². The lowest BCUT2D eigenvalue weighted by atomic mass is 10.2. The molecule has 2 fully saturated rings. The number of carbonyl (C=O) groups excluding carboxylic acids is 1. The number of hydrogen-bond acceptors (Lipinski definition) is 13. The fourth-order valence-electron chi connectivity index (χ4n) is 4.62. The second-order valence-corrected chi connectivity index (χ2v) is 13.7. The molecule has 0 amide bonds. The number of hydrogen-bond donors (Lipinski definition) is 1. The second kappa shape index (κ2) is 13.9. The van der Waals surface area contributed by atoms with Gasteiger partial charge in [-0.25, -0.2) is 13.9 Å². The van der Waals surface area contributed by atoms with Crippen LogP contribution >= 0.6 is 27.9 Å². The minimum Gasteiger partial charge on any atom is -0.460 e. The first kappa shape index (κ1) is 31.6. The Morgan fingerprint density at radius 3 is 2.64 bits per heavy atom. The quantitative estimate of drug-likeness (QED) is 0.0864. The SMILES string of the molecule is COP(OCC1CN1On1cnc2c(N)nc(Cl)nc21)OP(=O)(Oc1ccccc1)N1CCCC1C(=O)OCc1ccccc1. The molecule has 4 heterocycles. The van der Waals surface area contributed by atoms with Crippen LogP contribution in [0.5, 0.6) is 5.75 Å². The number of nitrogens with zero attached hydrogens (tertiary/aromatic N) is 6. The topological polar surface area (TPSA) is 165 Å². The minimum absolute atomic E-state index is 0.0363. The number of aromatic nitrogens is 4. The Morgan fingerprint density at radius 2 is 1.89 bits per heavy atom. The molecule has 5 unspecified atom stereocenters. The molecule has 15 nitrogen and oxygen atoms in total. The zero-order chi connectivity index (χ0) is 31.4. The molecule has 4 aromatic rings. The van der Waals surface area contributed by atoms with Crippen LogP contribution in [-0.4, -0.2) is 74.3 Å². The van der Waals surface area contributed by atoms with Crippen LogP contribution in [0.3, 0.4) is 0 Å². The van der Waals surface area contributed by atoms with Crippen molar-refractivity contribution < 1.29 is 36.9 Å². The summed E-state index contributed by atoms with van der Waals surface area (Å²) in [5, 5.41) is 1.57. The summed E-state index contributed by atoms with van der Waals surface area (Å²) in [6.45, 7) is 0.979. The summed E-state index contributed by atoms with van der Waals surface area (Å²) >= 11 is 5.93. The van der Waals surface area contributed by atoms with Crippen LogP contribution < -0.4 is 15.2 Å². The van der Waals surface area contributed by atoms with E-state index in [0.29, 0.717) is 36.3 Å². The molecule has 2 N–H and O–H groups in total. The number of carbonyl (C=O) groups is 1. The lowest BCUT2D eigenvalue weighted by molar-refractivity contribution is -0.149. The number of hydroxylamine groups is 2. The number of fused-ring (bicyclic) bond motifs is 1. The van der Waals surface area contributed by atoms with E-state index in [4.69, 9.17) is 44.9 Å². The van der Waals surface area contributed by atoms with Crippen molar-refractivity contribution in [3.63, 3.8) is 0 Å². The summed E-state index contributed by atoms with van der Waals surface area (Å²) < 4.78 is 46.1. The third-order valence-electron chi connectivity index (χ3n) is 6.91. The van der Waals surface area contributed by atoms with Gasteiger partial charge in [-0.1, -0.05) is 48.5 Å². The van der Waals surface area contributed by atoms with Crippen LogP contribution in [0.4, 0.5) is 5.82 Å². The minimum atomic E-state index is -4.19. The normalized spacial score (nSPS) is 21.7. The van der Waals surface area contributed by atoms with Gasteiger partial charge < -0.3 is 29.0 Å². The molecule has 0 radical (unpaired) electrons. The molecular formula is C27H30ClN7O8P2. The molecule has 45 heavy (non-hydrogen) atoms. The van der Waals surface area contributed by atoms with E-state index >= 15 is 0 Å². The predicted octanol–water partition coefficient (Wildman–Crippen LogP) is 4.39. The maximum absolute atomic E-state index is 14.5. The number of esters is 1. The van der Waals surface area contributed by atoms with Crippen molar-refractivity contribution in [2.24, 2.45) is 0 Å². The largest absolute Gasteiger partial charge is 0.469 e. The first-order chi connectivity index (χ1) is 21.8. The third kappa shape index (κ3) is 7.54. The van der Waals surface area contributed by atoms with Gasteiger partial charge >= 0.3 is 22.3 Å². The summed E-state index contributed by atoms with van der Waals surface area (Å²) in [4.78, 5) is 31.2. The highest BCUT2D eigenvalue weighted by atomic mass is 35.5. The van der Waals surface area contributed by atoms with E-state index in [1.165, 1.54) is 22.8 Å². The molecule has 2 saturated heterocycles. The first-order valence-corrected chi connectivity index (χ1v) is 16.9. The number of ether oxygens (including phenoxy) is 1. The van der Waals surface area contributed by atoms with Crippen LogP contribution in [0.1, 0.15) is 18.4 Å². The van der Waals surface area contributed by atoms with Gasteiger partial charge in [0.2, 0.25) is 10.9 Å². The van der Waals surface area contributed by atoms with Crippen molar-refractivity contribution in [1.29, 1.82) is 0 Å². The number of imidazole rings is 1. The zero-order valence-corrected chi connectivity index (χ0v) is 26.6. The monoisotopic (exact) mass is 677 g/mol. The van der Waals surface area contributed by atoms with Gasteiger partial charge in [-0.3, -0.25) is 4.79 Å². The Labute approximate surface area is 264 Å². The Kier molecular flexibility index (Phi) is 9.78. The van der Waals surface area contributed by atoms with Gasteiger partial charge in [0.1, 0.15) is 24.7 Å². The molecule has 238 valence electrons. The fourth-order valence-corrected chi connectivity index (χ4v) is 8.26. The van der Waals surface area contributed by atoms with E-state index in [0.717, 1.165) is 5.56 Å². The van der Waals surface area contributed by atoms with Gasteiger partial charge in [-0.15, -0.1) is 9.79 Å². The van der Waals surface area contributed by atoms with Gasteiger partial charge in [-0.05, 0) is 42.1 Å². The van der Waals surface area contributed by atoms with Crippen LogP contribution in [0, 0.1) is 0 Å².